The molecule has 6 heteroatoms. The molecule has 1 aliphatic rings. The second-order valence-corrected chi connectivity index (χ2v) is 5.98. The van der Waals surface area contributed by atoms with Gasteiger partial charge in [0.25, 0.3) is 5.91 Å². The topological polar surface area (TPSA) is 82.2 Å². The maximum Gasteiger partial charge on any atom is 0.250 e. The first-order chi connectivity index (χ1) is 10.5. The number of nitrogens with zero attached hydrogens (tertiary/aromatic N) is 2. The molecule has 0 bridgehead atoms. The first-order valence-electron chi connectivity index (χ1n) is 7.64. The fourth-order valence-electron chi connectivity index (χ4n) is 3.12. The fourth-order valence-corrected chi connectivity index (χ4v) is 3.12. The maximum absolute atomic E-state index is 11.7. The second kappa shape index (κ2) is 5.70. The molecule has 3 N–H and O–H groups in total. The summed E-state index contributed by atoms with van der Waals surface area (Å²) in [5.41, 5.74) is 8.75. The van der Waals surface area contributed by atoms with Crippen LogP contribution in [0.1, 0.15) is 47.6 Å². The summed E-state index contributed by atoms with van der Waals surface area (Å²) in [7, 11) is 0. The molecule has 1 aromatic heterocycles. The number of hydrogen-bond acceptors (Lipinski definition) is 4. The van der Waals surface area contributed by atoms with Crippen LogP contribution in [0.15, 0.2) is 12.1 Å². The molecule has 0 spiro atoms. The Kier molecular flexibility index (Phi) is 3.88. The summed E-state index contributed by atoms with van der Waals surface area (Å²) in [6, 6.07) is 3.92. The Labute approximate surface area is 129 Å². The predicted octanol–water partition coefficient (Wildman–Crippen LogP) is 1.69. The molecule has 1 aliphatic heterocycles. The molecular weight excluding hydrogens is 280 g/mol. The lowest BCUT2D eigenvalue weighted by Gasteiger charge is -2.25. The largest absolute Gasteiger partial charge is 0.371 e. The third-order valence-electron chi connectivity index (χ3n) is 4.15. The van der Waals surface area contributed by atoms with Crippen LogP contribution in [0, 0.1) is 6.92 Å². The number of rotatable bonds is 3. The molecule has 1 fully saturated rings. The molecule has 6 nitrogen and oxygen atoms in total. The van der Waals surface area contributed by atoms with Gasteiger partial charge < -0.3 is 15.8 Å². The summed E-state index contributed by atoms with van der Waals surface area (Å²) < 4.78 is 7.82. The van der Waals surface area contributed by atoms with Crippen molar-refractivity contribution in [2.75, 3.05) is 19.7 Å². The first kappa shape index (κ1) is 15.0. The summed E-state index contributed by atoms with van der Waals surface area (Å²) >= 11 is 0. The predicted molar refractivity (Wildman–Crippen MR) is 84.9 cm³/mol. The number of fused-ring (bicyclic) bond motifs is 1. The summed E-state index contributed by atoms with van der Waals surface area (Å²) in [4.78, 5) is 11.7. The van der Waals surface area contributed by atoms with E-state index in [0.29, 0.717) is 17.7 Å². The van der Waals surface area contributed by atoms with Gasteiger partial charge in [0, 0.05) is 30.2 Å². The molecule has 0 radical (unpaired) electrons. The lowest BCUT2D eigenvalue weighted by atomic mass is 9.98. The Bertz CT molecular complexity index is 714. The molecule has 1 atom stereocenters. The van der Waals surface area contributed by atoms with Crippen LogP contribution in [0.2, 0.25) is 0 Å². The van der Waals surface area contributed by atoms with Gasteiger partial charge in [-0.2, -0.15) is 5.10 Å². The number of carbonyl (C=O) groups is 1. The molecule has 118 valence electrons. The molecule has 1 amide bonds. The molecule has 0 aliphatic carbocycles. The van der Waals surface area contributed by atoms with Gasteiger partial charge in [-0.05, 0) is 32.4 Å². The zero-order valence-corrected chi connectivity index (χ0v) is 13.2. The molecule has 1 unspecified atom stereocenters. The van der Waals surface area contributed by atoms with E-state index in [1.165, 1.54) is 0 Å². The van der Waals surface area contributed by atoms with E-state index in [-0.39, 0.29) is 12.1 Å². The Morgan fingerprint density at radius 3 is 2.86 bits per heavy atom. The average molecular weight is 302 g/mol. The third kappa shape index (κ3) is 2.38. The first-order valence-corrected chi connectivity index (χ1v) is 7.64. The van der Waals surface area contributed by atoms with Crippen LogP contribution >= 0.6 is 0 Å². The number of carbonyl (C=O) groups excluding carboxylic acids is 1. The summed E-state index contributed by atoms with van der Waals surface area (Å²) in [6.45, 7) is 8.48. The van der Waals surface area contributed by atoms with Crippen LogP contribution in [0.5, 0.6) is 0 Å². The van der Waals surface area contributed by atoms with Gasteiger partial charge in [0.05, 0.1) is 18.3 Å². The van der Waals surface area contributed by atoms with Crippen LogP contribution in [-0.2, 0) is 4.74 Å². The van der Waals surface area contributed by atoms with Gasteiger partial charge in [-0.3, -0.25) is 9.48 Å². The standard InChI is InChI=1S/C16H22N4O2/c1-9(2)20-10(3)14-11(13-8-18-6-7-22-13)4-5-12(16(17)21)15(14)19-20/h4-5,9,13,18H,6-8H2,1-3H3,(H2,17,21). The molecule has 1 aromatic carbocycles. The van der Waals surface area contributed by atoms with Crippen LogP contribution in [0.3, 0.4) is 0 Å². The van der Waals surface area contributed by atoms with Crippen molar-refractivity contribution in [3.05, 3.63) is 29.0 Å². The number of ether oxygens (including phenoxy) is 1. The Balaban J connectivity index is 2.25. The number of nitrogens with one attached hydrogen (secondary N) is 1. The van der Waals surface area contributed by atoms with Crippen molar-refractivity contribution in [1.29, 1.82) is 0 Å². The number of hydrogen-bond donors (Lipinski definition) is 2. The third-order valence-corrected chi connectivity index (χ3v) is 4.15. The van der Waals surface area contributed by atoms with Gasteiger partial charge >= 0.3 is 0 Å². The van der Waals surface area contributed by atoms with E-state index in [1.807, 2.05) is 17.7 Å². The second-order valence-electron chi connectivity index (χ2n) is 5.98. The minimum Gasteiger partial charge on any atom is -0.371 e. The van der Waals surface area contributed by atoms with E-state index >= 15 is 0 Å². The van der Waals surface area contributed by atoms with Crippen LogP contribution in [0.4, 0.5) is 0 Å². The lowest BCUT2D eigenvalue weighted by molar-refractivity contribution is 0.0286. The molecule has 3 rings (SSSR count). The highest BCUT2D eigenvalue weighted by Crippen LogP contribution is 2.32. The van der Waals surface area contributed by atoms with Crippen molar-refractivity contribution in [3.8, 4) is 0 Å². The molecular formula is C16H22N4O2. The van der Waals surface area contributed by atoms with E-state index in [0.717, 1.165) is 29.7 Å². The minimum absolute atomic E-state index is 0.0262. The Morgan fingerprint density at radius 2 is 2.27 bits per heavy atom. The SMILES string of the molecule is Cc1c2c(C3CNCCO3)ccc(C(N)=O)c2nn1C(C)C. The van der Waals surface area contributed by atoms with Crippen molar-refractivity contribution in [2.24, 2.45) is 5.73 Å². The van der Waals surface area contributed by atoms with Gasteiger partial charge in [0.1, 0.15) is 5.52 Å². The molecule has 2 aromatic rings. The van der Waals surface area contributed by atoms with E-state index < -0.39 is 5.91 Å². The molecule has 1 saturated heterocycles. The zero-order chi connectivity index (χ0) is 15.9. The van der Waals surface area contributed by atoms with Gasteiger partial charge in [-0.1, -0.05) is 6.07 Å². The number of primary amides is 1. The highest BCUT2D eigenvalue weighted by molar-refractivity contribution is 6.06. The molecule has 22 heavy (non-hydrogen) atoms. The van der Waals surface area contributed by atoms with Crippen molar-refractivity contribution < 1.29 is 9.53 Å². The van der Waals surface area contributed by atoms with Crippen LogP contribution < -0.4 is 11.1 Å². The van der Waals surface area contributed by atoms with E-state index in [9.17, 15) is 4.79 Å². The lowest BCUT2D eigenvalue weighted by Crippen LogP contribution is -2.33. The normalized spacial score (nSPS) is 19.0. The minimum atomic E-state index is -0.451. The quantitative estimate of drug-likeness (QED) is 0.904. The maximum atomic E-state index is 11.7. The Hall–Kier alpha value is -1.92. The van der Waals surface area contributed by atoms with Gasteiger partial charge in [-0.25, -0.2) is 0 Å². The van der Waals surface area contributed by atoms with Crippen LogP contribution in [-0.4, -0.2) is 35.4 Å². The van der Waals surface area contributed by atoms with E-state index in [4.69, 9.17) is 10.5 Å². The Morgan fingerprint density at radius 1 is 1.50 bits per heavy atom. The average Bonchev–Trinajstić information content (AvgIpc) is 2.85. The number of aryl methyl sites for hydroxylation is 1. The van der Waals surface area contributed by atoms with E-state index in [2.05, 4.69) is 24.3 Å². The van der Waals surface area contributed by atoms with Gasteiger partial charge in [-0.15, -0.1) is 0 Å². The van der Waals surface area contributed by atoms with Crippen molar-refractivity contribution in [3.63, 3.8) is 0 Å². The van der Waals surface area contributed by atoms with E-state index in [1.54, 1.807) is 6.07 Å². The highest BCUT2D eigenvalue weighted by Gasteiger charge is 2.24. The molecule has 2 heterocycles. The fraction of sp³-hybridized carbons (Fsp3) is 0.500. The number of benzene rings is 1. The van der Waals surface area contributed by atoms with Crippen molar-refractivity contribution in [2.45, 2.75) is 32.9 Å². The summed E-state index contributed by atoms with van der Waals surface area (Å²) in [5, 5.41) is 8.95. The summed E-state index contributed by atoms with van der Waals surface area (Å²) in [5.74, 6) is -0.451. The highest BCUT2D eigenvalue weighted by atomic mass is 16.5. The number of amides is 1. The number of nitrogens with two attached hydrogens (primary N) is 1. The smallest absolute Gasteiger partial charge is 0.250 e. The van der Waals surface area contributed by atoms with Crippen LogP contribution in [0.25, 0.3) is 10.9 Å². The van der Waals surface area contributed by atoms with Gasteiger partial charge in [0.15, 0.2) is 0 Å². The van der Waals surface area contributed by atoms with Crippen molar-refractivity contribution in [1.82, 2.24) is 15.1 Å². The number of morpholine rings is 1. The summed E-state index contributed by atoms with van der Waals surface area (Å²) in [6.07, 6.45) is -0.0262. The van der Waals surface area contributed by atoms with Crippen molar-refractivity contribution >= 4 is 16.8 Å². The zero-order valence-electron chi connectivity index (χ0n) is 13.2. The van der Waals surface area contributed by atoms with Gasteiger partial charge in [0.2, 0.25) is 0 Å². The molecule has 0 saturated carbocycles. The monoisotopic (exact) mass is 302 g/mol. The number of aromatic nitrogens is 2.